The fraction of sp³-hybridized carbons (Fsp3) is 0.280. The lowest BCUT2D eigenvalue weighted by Crippen LogP contribution is -2.44. The first kappa shape index (κ1) is 20.6. The van der Waals surface area contributed by atoms with Gasteiger partial charge in [-0.25, -0.2) is 4.98 Å². The second-order valence-electron chi connectivity index (χ2n) is 9.09. The van der Waals surface area contributed by atoms with Crippen molar-refractivity contribution in [1.82, 2.24) is 35.0 Å². The molecule has 0 atom stereocenters. The van der Waals surface area contributed by atoms with Crippen LogP contribution in [0.15, 0.2) is 49.1 Å². The van der Waals surface area contributed by atoms with Gasteiger partial charge >= 0.3 is 0 Å². The van der Waals surface area contributed by atoms with Crippen molar-refractivity contribution < 1.29 is 0 Å². The monoisotopic (exact) mass is 453 g/mol. The quantitative estimate of drug-likeness (QED) is 0.431. The molecule has 0 saturated carbocycles. The average molecular weight is 454 g/mol. The van der Waals surface area contributed by atoms with Gasteiger partial charge < -0.3 is 19.7 Å². The van der Waals surface area contributed by atoms with E-state index >= 15 is 0 Å². The van der Waals surface area contributed by atoms with Crippen molar-refractivity contribution in [3.05, 3.63) is 49.1 Å². The van der Waals surface area contributed by atoms with E-state index in [1.54, 1.807) is 0 Å². The minimum Gasteiger partial charge on any atom is -0.376 e. The minimum atomic E-state index is 0.738. The predicted octanol–water partition coefficient (Wildman–Crippen LogP) is 3.38. The smallest absolute Gasteiger partial charge is 0.159 e. The van der Waals surface area contributed by atoms with Gasteiger partial charge in [-0.3, -0.25) is 15.1 Å². The Labute approximate surface area is 197 Å². The van der Waals surface area contributed by atoms with Crippen LogP contribution in [0, 0.1) is 0 Å². The third-order valence-electron chi connectivity index (χ3n) is 6.58. The SMILES string of the molecule is CN1CCN(c2cncc3[nH]c(-c4n[nH]c5ccc(-c6cncc(N(C)C)c6)cc45)nc23)CC1. The van der Waals surface area contributed by atoms with Gasteiger partial charge in [0, 0.05) is 57.4 Å². The van der Waals surface area contributed by atoms with Gasteiger partial charge in [0.1, 0.15) is 11.2 Å². The summed E-state index contributed by atoms with van der Waals surface area (Å²) < 4.78 is 0. The number of rotatable bonds is 4. The molecule has 6 rings (SSSR count). The number of nitrogens with one attached hydrogen (secondary N) is 2. The Morgan fingerprint density at radius 2 is 1.71 bits per heavy atom. The zero-order valence-corrected chi connectivity index (χ0v) is 19.6. The molecule has 9 heteroatoms. The standard InChI is InChI=1S/C25H27N9/c1-32(2)18-10-17(12-26-13-18)16-4-5-20-19(11-16)23(31-30-20)25-28-21-14-27-15-22(24(21)29-25)34-8-6-33(3)7-9-34/h4-5,10-15H,6-9H2,1-3H3,(H,28,29)(H,30,31). The largest absolute Gasteiger partial charge is 0.376 e. The highest BCUT2D eigenvalue weighted by Gasteiger charge is 2.20. The lowest BCUT2D eigenvalue weighted by molar-refractivity contribution is 0.313. The van der Waals surface area contributed by atoms with Crippen molar-refractivity contribution in [3.8, 4) is 22.6 Å². The lowest BCUT2D eigenvalue weighted by atomic mass is 10.0. The Bertz CT molecular complexity index is 1470. The first-order valence-electron chi connectivity index (χ1n) is 11.5. The number of pyridine rings is 2. The summed E-state index contributed by atoms with van der Waals surface area (Å²) in [5.74, 6) is 0.738. The maximum absolute atomic E-state index is 4.99. The molecule has 1 fully saturated rings. The molecular weight excluding hydrogens is 426 g/mol. The number of aromatic amines is 2. The van der Waals surface area contributed by atoms with Crippen LogP contribution in [0.5, 0.6) is 0 Å². The highest BCUT2D eigenvalue weighted by atomic mass is 15.3. The van der Waals surface area contributed by atoms with Crippen LogP contribution in [0.2, 0.25) is 0 Å². The molecule has 0 amide bonds. The summed E-state index contributed by atoms with van der Waals surface area (Å²) in [6.45, 7) is 4.00. The number of hydrogen-bond acceptors (Lipinski definition) is 7. The molecule has 4 aromatic heterocycles. The molecule has 2 N–H and O–H groups in total. The summed E-state index contributed by atoms with van der Waals surface area (Å²) in [6.07, 6.45) is 7.52. The molecular formula is C25H27N9. The molecule has 0 bridgehead atoms. The van der Waals surface area contributed by atoms with Crippen LogP contribution >= 0.6 is 0 Å². The molecule has 1 aromatic carbocycles. The van der Waals surface area contributed by atoms with Crippen molar-refractivity contribution in [1.29, 1.82) is 0 Å². The molecule has 5 heterocycles. The van der Waals surface area contributed by atoms with Gasteiger partial charge in [-0.15, -0.1) is 0 Å². The van der Waals surface area contributed by atoms with E-state index in [9.17, 15) is 0 Å². The summed E-state index contributed by atoms with van der Waals surface area (Å²) in [7, 11) is 6.20. The summed E-state index contributed by atoms with van der Waals surface area (Å²) in [4.78, 5) is 24.1. The van der Waals surface area contributed by atoms with Crippen molar-refractivity contribution >= 4 is 33.3 Å². The van der Waals surface area contributed by atoms with Crippen LogP contribution in [-0.2, 0) is 0 Å². The van der Waals surface area contributed by atoms with Crippen molar-refractivity contribution in [2.75, 3.05) is 57.1 Å². The predicted molar refractivity (Wildman–Crippen MR) is 136 cm³/mol. The van der Waals surface area contributed by atoms with Crippen LogP contribution in [-0.4, -0.2) is 82.4 Å². The van der Waals surface area contributed by atoms with Gasteiger partial charge in [-0.1, -0.05) is 6.07 Å². The zero-order chi connectivity index (χ0) is 23.2. The number of aromatic nitrogens is 6. The fourth-order valence-corrected chi connectivity index (χ4v) is 4.51. The third kappa shape index (κ3) is 3.54. The number of benzene rings is 1. The molecule has 172 valence electrons. The van der Waals surface area contributed by atoms with Crippen molar-refractivity contribution in [2.24, 2.45) is 0 Å². The minimum absolute atomic E-state index is 0.738. The van der Waals surface area contributed by atoms with E-state index in [1.165, 1.54) is 0 Å². The van der Waals surface area contributed by atoms with Gasteiger partial charge in [0.2, 0.25) is 0 Å². The second-order valence-corrected chi connectivity index (χ2v) is 9.09. The number of imidazole rings is 1. The van der Waals surface area contributed by atoms with Gasteiger partial charge in [0.05, 0.1) is 41.0 Å². The summed E-state index contributed by atoms with van der Waals surface area (Å²) >= 11 is 0. The molecule has 0 radical (unpaired) electrons. The number of piperazine rings is 1. The highest BCUT2D eigenvalue weighted by molar-refractivity contribution is 5.97. The van der Waals surface area contributed by atoms with Crippen LogP contribution < -0.4 is 9.80 Å². The van der Waals surface area contributed by atoms with Crippen LogP contribution in [0.3, 0.4) is 0 Å². The van der Waals surface area contributed by atoms with Gasteiger partial charge in [0.15, 0.2) is 5.82 Å². The van der Waals surface area contributed by atoms with E-state index in [0.717, 1.165) is 82.1 Å². The Kier molecular flexibility index (Phi) is 4.91. The van der Waals surface area contributed by atoms with Crippen molar-refractivity contribution in [3.63, 3.8) is 0 Å². The first-order valence-corrected chi connectivity index (χ1v) is 11.5. The Hall–Kier alpha value is -3.98. The first-order chi connectivity index (χ1) is 16.6. The Morgan fingerprint density at radius 3 is 2.53 bits per heavy atom. The molecule has 1 saturated heterocycles. The summed E-state index contributed by atoms with van der Waals surface area (Å²) in [5, 5.41) is 8.78. The average Bonchev–Trinajstić information content (AvgIpc) is 3.48. The number of likely N-dealkylation sites (N-methyl/N-ethyl adjacent to an activating group) is 1. The molecule has 9 nitrogen and oxygen atoms in total. The summed E-state index contributed by atoms with van der Waals surface area (Å²) in [6, 6.07) is 8.44. The number of fused-ring (bicyclic) bond motifs is 2. The van der Waals surface area contributed by atoms with Gasteiger partial charge in [-0.2, -0.15) is 5.10 Å². The second kappa shape index (κ2) is 8.11. The summed E-state index contributed by atoms with van der Waals surface area (Å²) in [5.41, 5.74) is 7.90. The third-order valence-corrected chi connectivity index (χ3v) is 6.58. The number of anilines is 2. The maximum Gasteiger partial charge on any atom is 0.159 e. The lowest BCUT2D eigenvalue weighted by Gasteiger charge is -2.33. The zero-order valence-electron chi connectivity index (χ0n) is 19.6. The van der Waals surface area contributed by atoms with Crippen LogP contribution in [0.1, 0.15) is 0 Å². The van der Waals surface area contributed by atoms with Gasteiger partial charge in [0.25, 0.3) is 0 Å². The molecule has 1 aliphatic rings. The van der Waals surface area contributed by atoms with E-state index in [0.29, 0.717) is 0 Å². The number of hydrogen-bond donors (Lipinski definition) is 2. The van der Waals surface area contributed by atoms with Crippen LogP contribution in [0.25, 0.3) is 44.6 Å². The van der Waals surface area contributed by atoms with Crippen molar-refractivity contribution in [2.45, 2.75) is 0 Å². The van der Waals surface area contributed by atoms with E-state index < -0.39 is 0 Å². The van der Waals surface area contributed by atoms with Gasteiger partial charge in [-0.05, 0) is 30.8 Å². The maximum atomic E-state index is 4.99. The number of nitrogens with zero attached hydrogens (tertiary/aromatic N) is 7. The fourth-order valence-electron chi connectivity index (χ4n) is 4.51. The van der Waals surface area contributed by atoms with E-state index in [2.05, 4.69) is 71.2 Å². The highest BCUT2D eigenvalue weighted by Crippen LogP contribution is 2.33. The van der Waals surface area contributed by atoms with E-state index in [-0.39, 0.29) is 0 Å². The normalized spacial score (nSPS) is 14.9. The Balaban J connectivity index is 1.42. The van der Waals surface area contributed by atoms with E-state index in [4.69, 9.17) is 4.98 Å². The molecule has 0 unspecified atom stereocenters. The molecule has 0 aliphatic carbocycles. The molecule has 34 heavy (non-hydrogen) atoms. The topological polar surface area (TPSA) is 92.9 Å². The molecule has 0 spiro atoms. The molecule has 5 aromatic rings. The van der Waals surface area contributed by atoms with Crippen LogP contribution in [0.4, 0.5) is 11.4 Å². The Morgan fingerprint density at radius 1 is 0.882 bits per heavy atom. The number of H-pyrrole nitrogens is 2. The molecule has 1 aliphatic heterocycles. The van der Waals surface area contributed by atoms with E-state index in [1.807, 2.05) is 38.9 Å².